The predicted molar refractivity (Wildman–Crippen MR) is 101 cm³/mol. The van der Waals surface area contributed by atoms with Crippen molar-refractivity contribution in [3.63, 3.8) is 0 Å². The van der Waals surface area contributed by atoms with Crippen LogP contribution in [0.1, 0.15) is 16.7 Å². The normalized spacial score (nSPS) is 11.7. The van der Waals surface area contributed by atoms with Crippen molar-refractivity contribution in [2.75, 3.05) is 0 Å². The van der Waals surface area contributed by atoms with Crippen LogP contribution in [-0.2, 0) is 12.6 Å². The first kappa shape index (κ1) is 18.2. The van der Waals surface area contributed by atoms with Gasteiger partial charge >= 0.3 is 6.18 Å². The third-order valence-electron chi connectivity index (χ3n) is 4.63. The molecular formula is C23H15F4N. The molecule has 0 aliphatic heterocycles. The van der Waals surface area contributed by atoms with E-state index in [1.165, 1.54) is 24.4 Å². The molecule has 5 heteroatoms. The zero-order valence-corrected chi connectivity index (χ0v) is 14.7. The molecule has 3 aromatic carbocycles. The molecule has 1 aromatic heterocycles. The summed E-state index contributed by atoms with van der Waals surface area (Å²) < 4.78 is 54.0. The van der Waals surface area contributed by atoms with Gasteiger partial charge in [0.05, 0.1) is 11.1 Å². The average Bonchev–Trinajstić information content (AvgIpc) is 2.67. The lowest BCUT2D eigenvalue weighted by Crippen LogP contribution is -2.07. The van der Waals surface area contributed by atoms with Crippen molar-refractivity contribution in [3.8, 4) is 11.1 Å². The summed E-state index contributed by atoms with van der Waals surface area (Å²) in [6.45, 7) is 0. The molecule has 1 heterocycles. The minimum atomic E-state index is -4.50. The standard InChI is InChI=1S/C23H15F4N/c24-18-9-4-6-15(13-18)12-17-14-28-22-19(10-5-11-20(22)23(25,26)27)21(17)16-7-2-1-3-8-16/h1-11,13-14H,12H2. The molecule has 0 spiro atoms. The van der Waals surface area contributed by atoms with Crippen molar-refractivity contribution >= 4 is 10.9 Å². The Bertz CT molecular complexity index is 1130. The van der Waals surface area contributed by atoms with E-state index in [2.05, 4.69) is 4.98 Å². The van der Waals surface area contributed by atoms with Crippen LogP contribution in [0, 0.1) is 5.82 Å². The van der Waals surface area contributed by atoms with Crippen molar-refractivity contribution in [1.29, 1.82) is 0 Å². The third kappa shape index (κ3) is 3.48. The lowest BCUT2D eigenvalue weighted by Gasteiger charge is -2.16. The Hall–Kier alpha value is -3.21. The number of hydrogen-bond acceptors (Lipinski definition) is 1. The van der Waals surface area contributed by atoms with E-state index in [0.29, 0.717) is 17.4 Å². The molecule has 0 unspecified atom stereocenters. The zero-order valence-electron chi connectivity index (χ0n) is 14.7. The van der Waals surface area contributed by atoms with Crippen LogP contribution in [0.2, 0.25) is 0 Å². The summed E-state index contributed by atoms with van der Waals surface area (Å²) in [6, 6.07) is 19.5. The van der Waals surface area contributed by atoms with E-state index in [0.717, 1.165) is 22.8 Å². The number of alkyl halides is 3. The van der Waals surface area contributed by atoms with E-state index in [1.807, 2.05) is 30.3 Å². The van der Waals surface area contributed by atoms with Crippen LogP contribution in [0.3, 0.4) is 0 Å². The smallest absolute Gasteiger partial charge is 0.255 e. The van der Waals surface area contributed by atoms with Gasteiger partial charge in [0.15, 0.2) is 0 Å². The van der Waals surface area contributed by atoms with Crippen molar-refractivity contribution in [3.05, 3.63) is 102 Å². The van der Waals surface area contributed by atoms with Crippen molar-refractivity contribution < 1.29 is 17.6 Å². The minimum Gasteiger partial charge on any atom is -0.255 e. The van der Waals surface area contributed by atoms with Crippen LogP contribution in [0.4, 0.5) is 17.6 Å². The van der Waals surface area contributed by atoms with Crippen LogP contribution in [0.25, 0.3) is 22.0 Å². The van der Waals surface area contributed by atoms with Crippen molar-refractivity contribution in [1.82, 2.24) is 4.98 Å². The largest absolute Gasteiger partial charge is 0.418 e. The summed E-state index contributed by atoms with van der Waals surface area (Å²) in [5.41, 5.74) is 2.09. The van der Waals surface area contributed by atoms with E-state index >= 15 is 0 Å². The SMILES string of the molecule is Fc1cccc(Cc2cnc3c(C(F)(F)F)cccc3c2-c2ccccc2)c1. The number of rotatable bonds is 3. The molecule has 0 saturated carbocycles. The van der Waals surface area contributed by atoms with Crippen molar-refractivity contribution in [2.45, 2.75) is 12.6 Å². The number of para-hydroxylation sites is 1. The molecule has 0 amide bonds. The summed E-state index contributed by atoms with van der Waals surface area (Å²) in [4.78, 5) is 4.14. The molecule has 28 heavy (non-hydrogen) atoms. The first-order valence-electron chi connectivity index (χ1n) is 8.71. The fourth-order valence-corrected chi connectivity index (χ4v) is 3.44. The quantitative estimate of drug-likeness (QED) is 0.362. The summed E-state index contributed by atoms with van der Waals surface area (Å²) in [7, 11) is 0. The second-order valence-electron chi connectivity index (χ2n) is 6.53. The maximum absolute atomic E-state index is 13.6. The molecule has 0 atom stereocenters. The number of fused-ring (bicyclic) bond motifs is 1. The number of pyridine rings is 1. The van der Waals surface area contributed by atoms with E-state index in [9.17, 15) is 17.6 Å². The van der Waals surface area contributed by atoms with E-state index < -0.39 is 11.7 Å². The molecular weight excluding hydrogens is 366 g/mol. The van der Waals surface area contributed by atoms with Gasteiger partial charge in [-0.1, -0.05) is 54.6 Å². The Balaban J connectivity index is 1.98. The van der Waals surface area contributed by atoms with Gasteiger partial charge in [-0.2, -0.15) is 13.2 Å². The molecule has 0 radical (unpaired) electrons. The van der Waals surface area contributed by atoms with Gasteiger partial charge in [-0.25, -0.2) is 4.39 Å². The fourth-order valence-electron chi connectivity index (χ4n) is 3.44. The molecule has 4 rings (SSSR count). The van der Waals surface area contributed by atoms with E-state index in [-0.39, 0.29) is 11.3 Å². The predicted octanol–water partition coefficient (Wildman–Crippen LogP) is 6.65. The zero-order chi connectivity index (χ0) is 19.7. The van der Waals surface area contributed by atoms with Crippen LogP contribution in [0.5, 0.6) is 0 Å². The highest BCUT2D eigenvalue weighted by Gasteiger charge is 2.33. The highest BCUT2D eigenvalue weighted by Crippen LogP contribution is 2.38. The minimum absolute atomic E-state index is 0.0863. The Morgan fingerprint density at radius 2 is 1.57 bits per heavy atom. The van der Waals surface area contributed by atoms with Gasteiger partial charge in [0.25, 0.3) is 0 Å². The molecule has 0 saturated heterocycles. The van der Waals surface area contributed by atoms with Crippen LogP contribution >= 0.6 is 0 Å². The Kier molecular flexibility index (Phi) is 4.59. The lowest BCUT2D eigenvalue weighted by atomic mass is 9.92. The van der Waals surface area contributed by atoms with Crippen LogP contribution in [0.15, 0.2) is 79.0 Å². The first-order chi connectivity index (χ1) is 13.4. The van der Waals surface area contributed by atoms with Gasteiger partial charge in [0.2, 0.25) is 0 Å². The summed E-state index contributed by atoms with van der Waals surface area (Å²) >= 11 is 0. The average molecular weight is 381 g/mol. The van der Waals surface area contributed by atoms with Gasteiger partial charge in [-0.05, 0) is 46.9 Å². The Labute approximate surface area is 159 Å². The van der Waals surface area contributed by atoms with Crippen molar-refractivity contribution in [2.24, 2.45) is 0 Å². The van der Waals surface area contributed by atoms with Gasteiger partial charge in [0, 0.05) is 11.6 Å². The first-order valence-corrected chi connectivity index (χ1v) is 8.71. The molecule has 140 valence electrons. The maximum Gasteiger partial charge on any atom is 0.418 e. The number of aromatic nitrogens is 1. The molecule has 1 nitrogen and oxygen atoms in total. The summed E-state index contributed by atoms with van der Waals surface area (Å²) in [6.07, 6.45) is -2.67. The van der Waals surface area contributed by atoms with E-state index in [1.54, 1.807) is 18.2 Å². The van der Waals surface area contributed by atoms with Crippen LogP contribution in [-0.4, -0.2) is 4.98 Å². The monoisotopic (exact) mass is 381 g/mol. The molecule has 0 aliphatic carbocycles. The number of benzene rings is 3. The second kappa shape index (κ2) is 7.08. The summed E-state index contributed by atoms with van der Waals surface area (Å²) in [5, 5.41) is 0.426. The number of nitrogens with zero attached hydrogens (tertiary/aromatic N) is 1. The maximum atomic E-state index is 13.6. The number of hydrogen-bond donors (Lipinski definition) is 0. The molecule has 4 aromatic rings. The molecule has 0 aliphatic rings. The number of halogens is 4. The Morgan fingerprint density at radius 1 is 0.821 bits per heavy atom. The van der Waals surface area contributed by atoms with Gasteiger partial charge in [0.1, 0.15) is 5.82 Å². The Morgan fingerprint density at radius 3 is 2.29 bits per heavy atom. The van der Waals surface area contributed by atoms with E-state index in [4.69, 9.17) is 0 Å². The topological polar surface area (TPSA) is 12.9 Å². The van der Waals surface area contributed by atoms with Crippen LogP contribution < -0.4 is 0 Å². The second-order valence-corrected chi connectivity index (χ2v) is 6.53. The van der Waals surface area contributed by atoms with Gasteiger partial charge in [-0.15, -0.1) is 0 Å². The molecule has 0 N–H and O–H groups in total. The highest BCUT2D eigenvalue weighted by molar-refractivity contribution is 5.97. The van der Waals surface area contributed by atoms with Gasteiger partial charge in [-0.3, -0.25) is 4.98 Å². The molecule has 0 fully saturated rings. The highest BCUT2D eigenvalue weighted by atomic mass is 19.4. The van der Waals surface area contributed by atoms with Gasteiger partial charge < -0.3 is 0 Å². The molecule has 0 bridgehead atoms. The summed E-state index contributed by atoms with van der Waals surface area (Å²) in [5.74, 6) is -0.355. The third-order valence-corrected chi connectivity index (χ3v) is 4.63. The lowest BCUT2D eigenvalue weighted by molar-refractivity contribution is -0.136. The fraction of sp³-hybridized carbons (Fsp3) is 0.0870.